The fourth-order valence-electron chi connectivity index (χ4n) is 2.11. The lowest BCUT2D eigenvalue weighted by Crippen LogP contribution is -2.31. The summed E-state index contributed by atoms with van der Waals surface area (Å²) in [5.41, 5.74) is 1.26. The maximum absolute atomic E-state index is 12.1. The van der Waals surface area contributed by atoms with E-state index in [1.165, 1.54) is 17.7 Å². The van der Waals surface area contributed by atoms with Crippen molar-refractivity contribution in [2.24, 2.45) is 0 Å². The van der Waals surface area contributed by atoms with Gasteiger partial charge in [-0.3, -0.25) is 4.79 Å². The van der Waals surface area contributed by atoms with Gasteiger partial charge >= 0.3 is 0 Å². The van der Waals surface area contributed by atoms with Crippen LogP contribution < -0.4 is 10.0 Å². The molecular formula is C18H21BrN2O3S2. The lowest BCUT2D eigenvalue weighted by atomic mass is 10.2. The van der Waals surface area contributed by atoms with Gasteiger partial charge in [-0.25, -0.2) is 13.1 Å². The van der Waals surface area contributed by atoms with Crippen molar-refractivity contribution >= 4 is 43.6 Å². The van der Waals surface area contributed by atoms with Gasteiger partial charge < -0.3 is 5.32 Å². The van der Waals surface area contributed by atoms with Gasteiger partial charge in [0.05, 0.1) is 4.90 Å². The number of nitrogens with one attached hydrogen (secondary N) is 2. The highest BCUT2D eigenvalue weighted by Gasteiger charge is 2.13. The van der Waals surface area contributed by atoms with Gasteiger partial charge in [-0.05, 0) is 29.8 Å². The average Bonchev–Trinajstić information content (AvgIpc) is 2.62. The van der Waals surface area contributed by atoms with E-state index in [4.69, 9.17) is 0 Å². The molecule has 2 rings (SSSR count). The molecule has 0 unspecified atom stereocenters. The van der Waals surface area contributed by atoms with Crippen molar-refractivity contribution in [1.82, 2.24) is 10.0 Å². The van der Waals surface area contributed by atoms with Crippen molar-refractivity contribution in [3.8, 4) is 0 Å². The van der Waals surface area contributed by atoms with Crippen LogP contribution in [-0.4, -0.2) is 33.2 Å². The molecule has 2 N–H and O–H groups in total. The normalized spacial score (nSPS) is 11.3. The third-order valence-corrected chi connectivity index (χ3v) is 6.48. The van der Waals surface area contributed by atoms with Gasteiger partial charge in [0.1, 0.15) is 0 Å². The second-order valence-corrected chi connectivity index (χ2v) is 9.28. The van der Waals surface area contributed by atoms with Crippen LogP contribution in [0.5, 0.6) is 0 Å². The topological polar surface area (TPSA) is 75.3 Å². The first-order valence-corrected chi connectivity index (χ1v) is 11.5. The number of rotatable bonds is 10. The zero-order valence-corrected chi connectivity index (χ0v) is 17.4. The molecule has 140 valence electrons. The van der Waals surface area contributed by atoms with E-state index in [1.54, 1.807) is 23.9 Å². The molecule has 0 radical (unpaired) electrons. The standard InChI is InChI=1S/C18H21BrN2O3S2/c19-16-6-8-17(9-7-16)26(23,24)21-11-10-18(22)20-12-13-25-14-15-4-2-1-3-5-15/h1-9,21H,10-14H2,(H,20,22). The van der Waals surface area contributed by atoms with Crippen molar-refractivity contribution in [3.05, 3.63) is 64.6 Å². The van der Waals surface area contributed by atoms with Crippen LogP contribution in [0.25, 0.3) is 0 Å². The summed E-state index contributed by atoms with van der Waals surface area (Å²) in [4.78, 5) is 12.0. The van der Waals surface area contributed by atoms with Crippen molar-refractivity contribution < 1.29 is 13.2 Å². The number of halogens is 1. The molecule has 0 aliphatic heterocycles. The van der Waals surface area contributed by atoms with Crippen LogP contribution in [0.15, 0.2) is 64.0 Å². The highest BCUT2D eigenvalue weighted by atomic mass is 79.9. The Hall–Kier alpha value is -1.35. The Morgan fingerprint density at radius 1 is 1.00 bits per heavy atom. The summed E-state index contributed by atoms with van der Waals surface area (Å²) < 4.78 is 27.4. The van der Waals surface area contributed by atoms with Crippen molar-refractivity contribution in [1.29, 1.82) is 0 Å². The summed E-state index contributed by atoms with van der Waals surface area (Å²) >= 11 is 5.01. The van der Waals surface area contributed by atoms with E-state index in [0.29, 0.717) is 6.54 Å². The lowest BCUT2D eigenvalue weighted by molar-refractivity contribution is -0.120. The molecule has 1 amide bonds. The molecule has 0 aliphatic carbocycles. The van der Waals surface area contributed by atoms with E-state index in [2.05, 4.69) is 38.1 Å². The van der Waals surface area contributed by atoms with Gasteiger partial charge in [-0.15, -0.1) is 0 Å². The van der Waals surface area contributed by atoms with Crippen LogP contribution in [0.4, 0.5) is 0 Å². The monoisotopic (exact) mass is 456 g/mol. The summed E-state index contributed by atoms with van der Waals surface area (Å²) in [6.07, 6.45) is 0.110. The average molecular weight is 457 g/mol. The molecule has 0 atom stereocenters. The zero-order valence-electron chi connectivity index (χ0n) is 14.2. The first-order chi connectivity index (χ1) is 12.5. The molecule has 0 saturated heterocycles. The highest BCUT2D eigenvalue weighted by Crippen LogP contribution is 2.14. The van der Waals surface area contributed by atoms with Gasteiger partial charge in [0.25, 0.3) is 0 Å². The van der Waals surface area contributed by atoms with Gasteiger partial charge in [0, 0.05) is 35.5 Å². The molecule has 0 aromatic heterocycles. The van der Waals surface area contributed by atoms with Crippen LogP contribution in [0.1, 0.15) is 12.0 Å². The molecule has 0 aliphatic rings. The molecule has 5 nitrogen and oxygen atoms in total. The fourth-order valence-corrected chi connectivity index (χ4v) is 4.23. The summed E-state index contributed by atoms with van der Waals surface area (Å²) in [5.74, 6) is 1.55. The van der Waals surface area contributed by atoms with Crippen LogP contribution >= 0.6 is 27.7 Å². The first-order valence-electron chi connectivity index (χ1n) is 8.11. The number of amides is 1. The van der Waals surface area contributed by atoms with Crippen molar-refractivity contribution in [2.45, 2.75) is 17.1 Å². The first kappa shape index (κ1) is 21.0. The molecule has 2 aromatic rings. The minimum atomic E-state index is -3.59. The number of hydrogen-bond donors (Lipinski definition) is 2. The number of carbonyl (C=O) groups excluding carboxylic acids is 1. The number of sulfonamides is 1. The summed E-state index contributed by atoms with van der Waals surface area (Å²) in [5, 5.41) is 2.80. The Bertz CT molecular complexity index is 797. The van der Waals surface area contributed by atoms with Gasteiger partial charge in [0.15, 0.2) is 0 Å². The second kappa shape index (κ2) is 10.7. The van der Waals surface area contributed by atoms with E-state index in [0.717, 1.165) is 16.0 Å². The largest absolute Gasteiger partial charge is 0.355 e. The molecule has 8 heteroatoms. The predicted molar refractivity (Wildman–Crippen MR) is 110 cm³/mol. The van der Waals surface area contributed by atoms with E-state index in [9.17, 15) is 13.2 Å². The predicted octanol–water partition coefficient (Wildman–Crippen LogP) is 3.17. The Labute approximate surface area is 167 Å². The second-order valence-electron chi connectivity index (χ2n) is 5.49. The molecule has 0 bridgehead atoms. The summed E-state index contributed by atoms with van der Waals surface area (Å²) in [7, 11) is -3.59. The van der Waals surface area contributed by atoms with E-state index >= 15 is 0 Å². The molecule has 0 saturated carbocycles. The number of benzene rings is 2. The maximum Gasteiger partial charge on any atom is 0.240 e. The van der Waals surface area contributed by atoms with Crippen LogP contribution in [-0.2, 0) is 20.6 Å². The van der Waals surface area contributed by atoms with Crippen molar-refractivity contribution in [3.63, 3.8) is 0 Å². The van der Waals surface area contributed by atoms with Crippen molar-refractivity contribution in [2.75, 3.05) is 18.8 Å². The number of carbonyl (C=O) groups is 1. The van der Waals surface area contributed by atoms with E-state index in [-0.39, 0.29) is 23.8 Å². The third kappa shape index (κ3) is 7.49. The fraction of sp³-hybridized carbons (Fsp3) is 0.278. The minimum absolute atomic E-state index is 0.0708. The molecule has 0 heterocycles. The molecule has 26 heavy (non-hydrogen) atoms. The maximum atomic E-state index is 12.1. The SMILES string of the molecule is O=C(CCNS(=O)(=O)c1ccc(Br)cc1)NCCSCc1ccccc1. The van der Waals surface area contributed by atoms with Crippen LogP contribution in [0.3, 0.4) is 0 Å². The minimum Gasteiger partial charge on any atom is -0.355 e. The number of hydrogen-bond acceptors (Lipinski definition) is 4. The van der Waals surface area contributed by atoms with Crippen LogP contribution in [0, 0.1) is 0 Å². The van der Waals surface area contributed by atoms with Gasteiger partial charge in [0.2, 0.25) is 15.9 Å². The summed E-state index contributed by atoms with van der Waals surface area (Å²) in [6.45, 7) is 0.636. The van der Waals surface area contributed by atoms with Gasteiger partial charge in [-0.2, -0.15) is 11.8 Å². The number of thioether (sulfide) groups is 1. The smallest absolute Gasteiger partial charge is 0.240 e. The molecular weight excluding hydrogens is 436 g/mol. The lowest BCUT2D eigenvalue weighted by Gasteiger charge is -2.08. The van der Waals surface area contributed by atoms with E-state index < -0.39 is 10.0 Å². The quantitative estimate of drug-likeness (QED) is 0.538. The Balaban J connectivity index is 1.60. The Morgan fingerprint density at radius 2 is 1.69 bits per heavy atom. The van der Waals surface area contributed by atoms with Gasteiger partial charge in [-0.1, -0.05) is 46.3 Å². The molecule has 2 aromatic carbocycles. The molecule has 0 fully saturated rings. The Kier molecular flexibility index (Phi) is 8.64. The zero-order chi connectivity index (χ0) is 18.8. The summed E-state index contributed by atoms with van der Waals surface area (Å²) in [6, 6.07) is 16.5. The molecule has 0 spiro atoms. The van der Waals surface area contributed by atoms with E-state index in [1.807, 2.05) is 18.2 Å². The third-order valence-electron chi connectivity index (χ3n) is 3.45. The highest BCUT2D eigenvalue weighted by molar-refractivity contribution is 9.10. The van der Waals surface area contributed by atoms with Crippen LogP contribution in [0.2, 0.25) is 0 Å². The Morgan fingerprint density at radius 3 is 2.38 bits per heavy atom.